The molecule has 0 aromatic heterocycles. The van der Waals surface area contributed by atoms with E-state index in [0.717, 1.165) is 0 Å². The van der Waals surface area contributed by atoms with Crippen LogP contribution < -0.4 is 10.7 Å². The first kappa shape index (κ1) is 14.2. The number of rotatable bonds is 4. The van der Waals surface area contributed by atoms with Gasteiger partial charge in [0, 0.05) is 17.5 Å². The second-order valence-corrected chi connectivity index (χ2v) is 4.14. The molecule has 0 aliphatic heterocycles. The number of nitrogens with zero attached hydrogens (tertiary/aromatic N) is 1. The van der Waals surface area contributed by atoms with Crippen molar-refractivity contribution in [2.45, 2.75) is 13.8 Å². The first-order chi connectivity index (χ1) is 8.49. The van der Waals surface area contributed by atoms with Gasteiger partial charge in [-0.05, 0) is 25.1 Å². The van der Waals surface area contributed by atoms with Crippen LogP contribution in [0.15, 0.2) is 29.4 Å². The lowest BCUT2D eigenvalue weighted by Gasteiger charge is -2.03. The van der Waals surface area contributed by atoms with E-state index in [1.54, 1.807) is 31.2 Å². The number of halogens is 1. The summed E-state index contributed by atoms with van der Waals surface area (Å²) in [6, 6.07) is 6.56. The lowest BCUT2D eigenvalue weighted by atomic mass is 10.2. The Bertz CT molecular complexity index is 486. The van der Waals surface area contributed by atoms with Crippen molar-refractivity contribution in [3.63, 3.8) is 0 Å². The number of hydrogen-bond acceptors (Lipinski definition) is 3. The molecular weight excluding hydrogens is 254 g/mol. The second kappa shape index (κ2) is 6.76. The summed E-state index contributed by atoms with van der Waals surface area (Å²) in [5.41, 5.74) is 3.42. The highest BCUT2D eigenvalue weighted by atomic mass is 35.5. The van der Waals surface area contributed by atoms with Crippen molar-refractivity contribution in [3.8, 4) is 0 Å². The number of nitrogens with one attached hydrogen (secondary N) is 2. The molecule has 0 atom stereocenters. The normalized spacial score (nSPS) is 10.9. The van der Waals surface area contributed by atoms with Crippen LogP contribution in [0.3, 0.4) is 0 Å². The minimum atomic E-state index is -0.348. The van der Waals surface area contributed by atoms with Gasteiger partial charge in [-0.3, -0.25) is 9.59 Å². The largest absolute Gasteiger partial charge is 0.351 e. The molecule has 2 amide bonds. The van der Waals surface area contributed by atoms with Crippen LogP contribution in [0.1, 0.15) is 24.2 Å². The summed E-state index contributed by atoms with van der Waals surface area (Å²) in [5, 5.41) is 6.92. The van der Waals surface area contributed by atoms with Crippen LogP contribution in [0.5, 0.6) is 0 Å². The summed E-state index contributed by atoms with van der Waals surface area (Å²) in [6.45, 7) is 3.41. The summed E-state index contributed by atoms with van der Waals surface area (Å²) in [7, 11) is 0. The van der Waals surface area contributed by atoms with E-state index in [4.69, 9.17) is 11.6 Å². The van der Waals surface area contributed by atoms with Gasteiger partial charge in [-0.25, -0.2) is 5.43 Å². The van der Waals surface area contributed by atoms with E-state index in [2.05, 4.69) is 15.8 Å². The third kappa shape index (κ3) is 4.97. The van der Waals surface area contributed by atoms with Gasteiger partial charge in [0.1, 0.15) is 0 Å². The van der Waals surface area contributed by atoms with Gasteiger partial charge < -0.3 is 5.32 Å². The fourth-order valence-electron chi connectivity index (χ4n) is 1.13. The van der Waals surface area contributed by atoms with E-state index in [1.807, 2.05) is 0 Å². The Morgan fingerprint density at radius 1 is 1.33 bits per heavy atom. The SMILES string of the molecule is CC(=O)NCC(C)=NNC(=O)c1cccc(Cl)c1. The molecule has 0 spiro atoms. The van der Waals surface area contributed by atoms with Crippen LogP contribution in [-0.4, -0.2) is 24.1 Å². The average molecular weight is 268 g/mol. The monoisotopic (exact) mass is 267 g/mol. The van der Waals surface area contributed by atoms with Crippen molar-refractivity contribution in [1.82, 2.24) is 10.7 Å². The van der Waals surface area contributed by atoms with E-state index in [0.29, 0.717) is 22.8 Å². The van der Waals surface area contributed by atoms with Gasteiger partial charge in [0.15, 0.2) is 0 Å². The van der Waals surface area contributed by atoms with Crippen LogP contribution in [-0.2, 0) is 4.79 Å². The Labute approximate surface area is 110 Å². The Morgan fingerprint density at radius 2 is 2.06 bits per heavy atom. The van der Waals surface area contributed by atoms with Crippen molar-refractivity contribution in [3.05, 3.63) is 34.9 Å². The summed E-state index contributed by atoms with van der Waals surface area (Å²) in [5.74, 6) is -0.495. The maximum Gasteiger partial charge on any atom is 0.271 e. The summed E-state index contributed by atoms with van der Waals surface area (Å²) >= 11 is 5.77. The van der Waals surface area contributed by atoms with Crippen LogP contribution >= 0.6 is 11.6 Å². The number of carbonyl (C=O) groups excluding carboxylic acids is 2. The minimum absolute atomic E-state index is 0.147. The van der Waals surface area contributed by atoms with Crippen molar-refractivity contribution in [1.29, 1.82) is 0 Å². The molecule has 96 valence electrons. The molecule has 0 saturated heterocycles. The Morgan fingerprint density at radius 3 is 2.67 bits per heavy atom. The van der Waals surface area contributed by atoms with Gasteiger partial charge in [0.05, 0.1) is 12.3 Å². The molecule has 6 heteroatoms. The molecular formula is C12H14ClN3O2. The Hall–Kier alpha value is -1.88. The predicted molar refractivity (Wildman–Crippen MR) is 70.7 cm³/mol. The van der Waals surface area contributed by atoms with Crippen molar-refractivity contribution >= 4 is 29.1 Å². The van der Waals surface area contributed by atoms with E-state index in [-0.39, 0.29) is 11.8 Å². The van der Waals surface area contributed by atoms with E-state index in [9.17, 15) is 9.59 Å². The minimum Gasteiger partial charge on any atom is -0.351 e. The molecule has 0 aliphatic carbocycles. The molecule has 2 N–H and O–H groups in total. The van der Waals surface area contributed by atoms with Crippen molar-refractivity contribution < 1.29 is 9.59 Å². The first-order valence-electron chi connectivity index (χ1n) is 5.32. The maximum atomic E-state index is 11.7. The molecule has 0 radical (unpaired) electrons. The smallest absolute Gasteiger partial charge is 0.271 e. The number of hydrazone groups is 1. The topological polar surface area (TPSA) is 70.6 Å². The predicted octanol–water partition coefficient (Wildman–Crippen LogP) is 1.58. The molecule has 0 bridgehead atoms. The van der Waals surface area contributed by atoms with Crippen LogP contribution in [0.4, 0.5) is 0 Å². The van der Waals surface area contributed by atoms with Crippen LogP contribution in [0, 0.1) is 0 Å². The second-order valence-electron chi connectivity index (χ2n) is 3.71. The lowest BCUT2D eigenvalue weighted by molar-refractivity contribution is -0.118. The van der Waals surface area contributed by atoms with E-state index in [1.165, 1.54) is 6.92 Å². The molecule has 0 aliphatic rings. The fourth-order valence-corrected chi connectivity index (χ4v) is 1.32. The number of carbonyl (C=O) groups is 2. The summed E-state index contributed by atoms with van der Waals surface area (Å²) in [6.07, 6.45) is 0. The lowest BCUT2D eigenvalue weighted by Crippen LogP contribution is -2.28. The summed E-state index contributed by atoms with van der Waals surface area (Å²) in [4.78, 5) is 22.4. The van der Waals surface area contributed by atoms with Crippen LogP contribution in [0.2, 0.25) is 5.02 Å². The third-order valence-electron chi connectivity index (χ3n) is 2.03. The van der Waals surface area contributed by atoms with Crippen LogP contribution in [0.25, 0.3) is 0 Å². The average Bonchev–Trinajstić information content (AvgIpc) is 2.33. The standard InChI is InChI=1S/C12H14ClN3O2/c1-8(7-14-9(2)17)15-16-12(18)10-4-3-5-11(13)6-10/h3-6H,7H2,1-2H3,(H,14,17)(H,16,18). The molecule has 1 aromatic rings. The van der Waals surface area contributed by atoms with Gasteiger partial charge in [0.2, 0.25) is 5.91 Å². The van der Waals surface area contributed by atoms with Gasteiger partial charge >= 0.3 is 0 Å². The van der Waals surface area contributed by atoms with Gasteiger partial charge in [-0.15, -0.1) is 0 Å². The van der Waals surface area contributed by atoms with E-state index < -0.39 is 0 Å². The molecule has 1 rings (SSSR count). The molecule has 0 fully saturated rings. The van der Waals surface area contributed by atoms with Crippen molar-refractivity contribution in [2.75, 3.05) is 6.54 Å². The zero-order valence-electron chi connectivity index (χ0n) is 10.2. The first-order valence-corrected chi connectivity index (χ1v) is 5.70. The molecule has 5 nitrogen and oxygen atoms in total. The zero-order chi connectivity index (χ0) is 13.5. The molecule has 0 unspecified atom stereocenters. The third-order valence-corrected chi connectivity index (χ3v) is 2.26. The molecule has 1 aromatic carbocycles. The number of benzene rings is 1. The highest BCUT2D eigenvalue weighted by molar-refractivity contribution is 6.30. The van der Waals surface area contributed by atoms with Gasteiger partial charge in [0.25, 0.3) is 5.91 Å². The van der Waals surface area contributed by atoms with Gasteiger partial charge in [-0.1, -0.05) is 17.7 Å². The quantitative estimate of drug-likeness (QED) is 0.642. The molecule has 18 heavy (non-hydrogen) atoms. The highest BCUT2D eigenvalue weighted by Gasteiger charge is 2.04. The fraction of sp³-hybridized carbons (Fsp3) is 0.250. The van der Waals surface area contributed by atoms with Gasteiger partial charge in [-0.2, -0.15) is 5.10 Å². The highest BCUT2D eigenvalue weighted by Crippen LogP contribution is 2.10. The Kier molecular flexibility index (Phi) is 5.32. The maximum absolute atomic E-state index is 11.7. The molecule has 0 heterocycles. The molecule has 0 saturated carbocycles. The summed E-state index contributed by atoms with van der Waals surface area (Å²) < 4.78 is 0. The van der Waals surface area contributed by atoms with E-state index >= 15 is 0 Å². The van der Waals surface area contributed by atoms with Crippen molar-refractivity contribution in [2.24, 2.45) is 5.10 Å². The number of amides is 2. The number of hydrogen-bond donors (Lipinski definition) is 2. The Balaban J connectivity index is 2.55. The zero-order valence-corrected chi connectivity index (χ0v) is 10.9.